The molecule has 1 fully saturated rings. The van der Waals surface area contributed by atoms with E-state index in [4.69, 9.17) is 0 Å². The van der Waals surface area contributed by atoms with Gasteiger partial charge in [0.05, 0.1) is 12.4 Å². The molecule has 7 heteroatoms. The van der Waals surface area contributed by atoms with Gasteiger partial charge in [-0.3, -0.25) is 4.79 Å². The van der Waals surface area contributed by atoms with E-state index in [1.807, 2.05) is 0 Å². The SMILES string of the molecule is CCCCCCC=C[C@H]1CCC(=O)[C@@H]1SCCCSC(O)(O)C(=O)OC. The van der Waals surface area contributed by atoms with Gasteiger partial charge in [0.15, 0.2) is 0 Å². The summed E-state index contributed by atoms with van der Waals surface area (Å²) < 4.78 is 4.33. The van der Waals surface area contributed by atoms with Crippen molar-refractivity contribution in [2.45, 2.75) is 68.7 Å². The number of thioether (sulfide) groups is 2. The molecule has 0 spiro atoms. The van der Waals surface area contributed by atoms with Gasteiger partial charge in [0.1, 0.15) is 5.78 Å². The summed E-state index contributed by atoms with van der Waals surface area (Å²) in [6, 6.07) is 0. The first kappa shape index (κ1) is 23.5. The molecule has 150 valence electrons. The molecule has 0 amide bonds. The minimum atomic E-state index is -2.49. The first-order valence-electron chi connectivity index (χ1n) is 9.40. The first-order chi connectivity index (χ1) is 12.4. The maximum atomic E-state index is 12.1. The molecular weight excluding hydrogens is 372 g/mol. The van der Waals surface area contributed by atoms with Gasteiger partial charge in [0.25, 0.3) is 0 Å². The molecule has 0 aromatic heterocycles. The van der Waals surface area contributed by atoms with Crippen LogP contribution in [0.1, 0.15) is 58.3 Å². The van der Waals surface area contributed by atoms with Gasteiger partial charge in [0, 0.05) is 6.42 Å². The predicted molar refractivity (Wildman–Crippen MR) is 108 cm³/mol. The smallest absolute Gasteiger partial charge is 0.377 e. The quantitative estimate of drug-likeness (QED) is 0.210. The minimum absolute atomic E-state index is 0.0144. The summed E-state index contributed by atoms with van der Waals surface area (Å²) >= 11 is 2.39. The zero-order chi connectivity index (χ0) is 19.4. The number of methoxy groups -OCH3 is 1. The number of ether oxygens (including phenoxy) is 1. The van der Waals surface area contributed by atoms with Crippen LogP contribution >= 0.6 is 23.5 Å². The number of unbranched alkanes of at least 4 members (excludes halogenated alkanes) is 4. The lowest BCUT2D eigenvalue weighted by atomic mass is 10.1. The average Bonchev–Trinajstić information content (AvgIpc) is 2.97. The number of carbonyl (C=O) groups is 2. The van der Waals surface area contributed by atoms with Crippen molar-refractivity contribution in [3.05, 3.63) is 12.2 Å². The molecule has 0 aliphatic heterocycles. The van der Waals surface area contributed by atoms with Crippen LogP contribution in [-0.4, -0.2) is 51.0 Å². The van der Waals surface area contributed by atoms with Crippen molar-refractivity contribution >= 4 is 35.3 Å². The molecule has 1 saturated carbocycles. The summed E-state index contributed by atoms with van der Waals surface area (Å²) in [5.74, 6) is 0.730. The number of carbonyl (C=O) groups excluding carboxylic acids is 2. The van der Waals surface area contributed by atoms with Gasteiger partial charge in [0.2, 0.25) is 0 Å². The average molecular weight is 405 g/mol. The van der Waals surface area contributed by atoms with Crippen molar-refractivity contribution in [1.29, 1.82) is 0 Å². The Morgan fingerprint density at radius 2 is 2.04 bits per heavy atom. The molecule has 0 heterocycles. The zero-order valence-corrected chi connectivity index (χ0v) is 17.4. The largest absolute Gasteiger partial charge is 0.464 e. The minimum Gasteiger partial charge on any atom is -0.464 e. The molecule has 1 aliphatic rings. The maximum Gasteiger partial charge on any atom is 0.377 e. The highest BCUT2D eigenvalue weighted by Gasteiger charge is 2.35. The van der Waals surface area contributed by atoms with Crippen LogP contribution in [0.4, 0.5) is 0 Å². The standard InChI is InChI=1S/C19H32O5S2/c1-3-4-5-6-7-8-10-15-11-12-16(20)17(15)25-13-9-14-26-19(22,23)18(21)24-2/h8,10,15,17,22-23H,3-7,9,11-14H2,1-2H3/t15-,17+/m0/s1. The van der Waals surface area contributed by atoms with Crippen LogP contribution in [0.15, 0.2) is 12.2 Å². The Morgan fingerprint density at radius 3 is 2.73 bits per heavy atom. The third-order valence-corrected chi connectivity index (χ3v) is 6.94. The van der Waals surface area contributed by atoms with E-state index in [9.17, 15) is 19.8 Å². The second kappa shape index (κ2) is 12.8. The van der Waals surface area contributed by atoms with Crippen LogP contribution in [-0.2, 0) is 14.3 Å². The summed E-state index contributed by atoms with van der Waals surface area (Å²) in [5, 5.41) is 16.6. The molecule has 0 saturated heterocycles. The van der Waals surface area contributed by atoms with Crippen molar-refractivity contribution in [2.75, 3.05) is 18.6 Å². The van der Waals surface area contributed by atoms with Gasteiger partial charge >= 0.3 is 11.1 Å². The van der Waals surface area contributed by atoms with Gasteiger partial charge in [-0.2, -0.15) is 0 Å². The second-order valence-electron chi connectivity index (χ2n) is 6.54. The van der Waals surface area contributed by atoms with E-state index in [0.29, 0.717) is 30.3 Å². The normalized spacial score (nSPS) is 20.8. The third kappa shape index (κ3) is 8.46. The summed E-state index contributed by atoms with van der Waals surface area (Å²) in [5.41, 5.74) is 0. The highest BCUT2D eigenvalue weighted by Crippen LogP contribution is 2.34. The van der Waals surface area contributed by atoms with Crippen LogP contribution in [0.3, 0.4) is 0 Å². The summed E-state index contributed by atoms with van der Waals surface area (Å²) in [6.45, 7) is 2.21. The molecule has 1 rings (SSSR count). The maximum absolute atomic E-state index is 12.1. The van der Waals surface area contributed by atoms with Crippen molar-refractivity contribution < 1.29 is 24.5 Å². The van der Waals surface area contributed by atoms with E-state index in [1.165, 1.54) is 25.7 Å². The van der Waals surface area contributed by atoms with Crippen LogP contribution < -0.4 is 0 Å². The fourth-order valence-electron chi connectivity index (χ4n) is 2.89. The third-order valence-electron chi connectivity index (χ3n) is 4.38. The first-order valence-corrected chi connectivity index (χ1v) is 11.4. The van der Waals surface area contributed by atoms with Crippen molar-refractivity contribution in [2.24, 2.45) is 5.92 Å². The zero-order valence-electron chi connectivity index (χ0n) is 15.8. The van der Waals surface area contributed by atoms with Crippen molar-refractivity contribution in [1.82, 2.24) is 0 Å². The van der Waals surface area contributed by atoms with E-state index in [2.05, 4.69) is 23.8 Å². The van der Waals surface area contributed by atoms with E-state index >= 15 is 0 Å². The molecule has 0 aromatic rings. The molecule has 0 bridgehead atoms. The van der Waals surface area contributed by atoms with Crippen LogP contribution in [0.2, 0.25) is 0 Å². The van der Waals surface area contributed by atoms with Crippen molar-refractivity contribution in [3.8, 4) is 0 Å². The number of allylic oxidation sites excluding steroid dienone is 2. The number of rotatable bonds is 13. The molecular formula is C19H32O5S2. The fourth-order valence-corrected chi connectivity index (χ4v) is 5.19. The van der Waals surface area contributed by atoms with Gasteiger partial charge in [-0.25, -0.2) is 4.79 Å². The van der Waals surface area contributed by atoms with Gasteiger partial charge in [-0.1, -0.05) is 50.1 Å². The lowest BCUT2D eigenvalue weighted by Crippen LogP contribution is -2.36. The Balaban J connectivity index is 2.27. The second-order valence-corrected chi connectivity index (χ2v) is 9.06. The highest BCUT2D eigenvalue weighted by atomic mass is 32.2. The van der Waals surface area contributed by atoms with Gasteiger partial charge < -0.3 is 14.9 Å². The number of hydrogen-bond acceptors (Lipinski definition) is 7. The molecule has 26 heavy (non-hydrogen) atoms. The van der Waals surface area contributed by atoms with Gasteiger partial charge in [-0.15, -0.1) is 11.8 Å². The number of hydrogen-bond donors (Lipinski definition) is 2. The molecule has 2 atom stereocenters. The van der Waals surface area contributed by atoms with E-state index in [1.54, 1.807) is 11.8 Å². The van der Waals surface area contributed by atoms with Crippen LogP contribution in [0.25, 0.3) is 0 Å². The Bertz CT molecular complexity index is 465. The Morgan fingerprint density at radius 1 is 1.27 bits per heavy atom. The summed E-state index contributed by atoms with van der Waals surface area (Å²) in [7, 11) is 1.11. The van der Waals surface area contributed by atoms with Crippen molar-refractivity contribution in [3.63, 3.8) is 0 Å². The number of aliphatic hydroxyl groups is 2. The fraction of sp³-hybridized carbons (Fsp3) is 0.789. The number of Topliss-reactive ketones (excluding diaryl/α,β-unsaturated/α-hetero) is 1. The molecule has 0 radical (unpaired) electrons. The monoisotopic (exact) mass is 404 g/mol. The highest BCUT2D eigenvalue weighted by molar-refractivity contribution is 8.01. The molecule has 2 N–H and O–H groups in total. The Kier molecular flexibility index (Phi) is 11.6. The van der Waals surface area contributed by atoms with E-state index < -0.39 is 11.1 Å². The lowest BCUT2D eigenvalue weighted by molar-refractivity contribution is -0.178. The topological polar surface area (TPSA) is 83.8 Å². The lowest BCUT2D eigenvalue weighted by Gasteiger charge is -2.18. The van der Waals surface area contributed by atoms with E-state index in [-0.39, 0.29) is 5.25 Å². The summed E-state index contributed by atoms with van der Waals surface area (Å²) in [6.07, 6.45) is 12.8. The summed E-state index contributed by atoms with van der Waals surface area (Å²) in [4.78, 5) is 23.3. The van der Waals surface area contributed by atoms with Gasteiger partial charge in [-0.05, 0) is 43.1 Å². The number of esters is 1. The van der Waals surface area contributed by atoms with E-state index in [0.717, 1.165) is 37.5 Å². The molecule has 5 nitrogen and oxygen atoms in total. The molecule has 0 unspecified atom stereocenters. The predicted octanol–water partition coefficient (Wildman–Crippen LogP) is 3.53. The Hall–Kier alpha value is -0.500. The molecule has 1 aliphatic carbocycles. The van der Waals surface area contributed by atoms with Crippen LogP contribution in [0, 0.1) is 5.92 Å². The number of ketones is 1. The molecule has 0 aromatic carbocycles. The van der Waals surface area contributed by atoms with Crippen LogP contribution in [0.5, 0.6) is 0 Å². The Labute approximate surface area is 165 Å².